The number of phenols is 1. The fourth-order valence-corrected chi connectivity index (χ4v) is 2.73. The van der Waals surface area contributed by atoms with E-state index in [1.807, 2.05) is 13.0 Å². The summed E-state index contributed by atoms with van der Waals surface area (Å²) in [6, 6.07) is 10.1. The van der Waals surface area contributed by atoms with Crippen LogP contribution >= 0.6 is 34.2 Å². The SMILES string of the molecule is Cc1ccc(NC(=O)c2ccc(Cl)cc2I)c(O)c1. The van der Waals surface area contributed by atoms with E-state index < -0.39 is 0 Å². The minimum absolute atomic E-state index is 0.0531. The predicted octanol–water partition coefficient (Wildman–Crippen LogP) is 4.21. The van der Waals surface area contributed by atoms with E-state index in [9.17, 15) is 9.90 Å². The van der Waals surface area contributed by atoms with Crippen molar-refractivity contribution in [3.05, 3.63) is 56.1 Å². The molecule has 0 fully saturated rings. The second kappa shape index (κ2) is 5.79. The third-order valence-corrected chi connectivity index (χ3v) is 3.70. The van der Waals surface area contributed by atoms with Crippen LogP contribution in [0.4, 0.5) is 5.69 Å². The average Bonchev–Trinajstić information content (AvgIpc) is 2.32. The molecule has 5 heteroatoms. The number of hydrogen-bond donors (Lipinski definition) is 2. The summed E-state index contributed by atoms with van der Waals surface area (Å²) in [6.45, 7) is 1.87. The highest BCUT2D eigenvalue weighted by Crippen LogP contribution is 2.25. The van der Waals surface area contributed by atoms with Gasteiger partial charge in [-0.2, -0.15) is 0 Å². The van der Waals surface area contributed by atoms with E-state index in [0.29, 0.717) is 16.3 Å². The topological polar surface area (TPSA) is 49.3 Å². The maximum absolute atomic E-state index is 12.1. The van der Waals surface area contributed by atoms with E-state index in [2.05, 4.69) is 27.9 Å². The van der Waals surface area contributed by atoms with Gasteiger partial charge in [0.05, 0.1) is 11.3 Å². The Kier molecular flexibility index (Phi) is 4.31. The molecule has 3 nitrogen and oxygen atoms in total. The molecule has 0 aliphatic heterocycles. The molecule has 0 saturated carbocycles. The number of amides is 1. The van der Waals surface area contributed by atoms with Crippen molar-refractivity contribution >= 4 is 45.8 Å². The Labute approximate surface area is 129 Å². The lowest BCUT2D eigenvalue weighted by molar-refractivity contribution is 0.102. The lowest BCUT2D eigenvalue weighted by atomic mass is 10.2. The zero-order chi connectivity index (χ0) is 14.0. The maximum Gasteiger partial charge on any atom is 0.256 e. The molecule has 0 heterocycles. The van der Waals surface area contributed by atoms with Crippen molar-refractivity contribution in [3.8, 4) is 5.75 Å². The number of carbonyl (C=O) groups excluding carboxylic acids is 1. The maximum atomic E-state index is 12.1. The van der Waals surface area contributed by atoms with Crippen LogP contribution in [-0.2, 0) is 0 Å². The molecule has 0 saturated heterocycles. The Hall–Kier alpha value is -1.27. The quantitative estimate of drug-likeness (QED) is 0.599. The lowest BCUT2D eigenvalue weighted by Crippen LogP contribution is -2.13. The van der Waals surface area contributed by atoms with Crippen LogP contribution in [0.25, 0.3) is 0 Å². The average molecular weight is 388 g/mol. The molecular formula is C14H11ClINO2. The molecule has 1 amide bonds. The van der Waals surface area contributed by atoms with Gasteiger partial charge < -0.3 is 10.4 Å². The first-order chi connectivity index (χ1) is 8.97. The van der Waals surface area contributed by atoms with Gasteiger partial charge in [-0.05, 0) is 65.4 Å². The molecule has 2 N–H and O–H groups in total. The van der Waals surface area contributed by atoms with E-state index in [1.165, 1.54) is 0 Å². The molecule has 0 aliphatic rings. The number of hydrogen-bond acceptors (Lipinski definition) is 2. The monoisotopic (exact) mass is 387 g/mol. The van der Waals surface area contributed by atoms with Crippen LogP contribution in [0, 0.1) is 10.5 Å². The number of rotatable bonds is 2. The van der Waals surface area contributed by atoms with Gasteiger partial charge in [0.25, 0.3) is 5.91 Å². The van der Waals surface area contributed by atoms with Gasteiger partial charge in [-0.15, -0.1) is 0 Å². The highest BCUT2D eigenvalue weighted by molar-refractivity contribution is 14.1. The zero-order valence-electron chi connectivity index (χ0n) is 10.1. The standard InChI is InChI=1S/C14H11ClINO2/c1-8-2-5-12(13(18)6-8)17-14(19)10-4-3-9(15)7-11(10)16/h2-7,18H,1H3,(H,17,19). The second-order valence-electron chi connectivity index (χ2n) is 4.10. The summed E-state index contributed by atoms with van der Waals surface area (Å²) in [5, 5.41) is 13.0. The summed E-state index contributed by atoms with van der Waals surface area (Å²) in [5.74, 6) is -0.224. The Morgan fingerprint density at radius 2 is 2.00 bits per heavy atom. The molecule has 2 aromatic carbocycles. The van der Waals surface area contributed by atoms with Crippen LogP contribution in [0.3, 0.4) is 0 Å². The molecule has 0 aliphatic carbocycles. The van der Waals surface area contributed by atoms with Crippen molar-refractivity contribution in [1.29, 1.82) is 0 Å². The smallest absolute Gasteiger partial charge is 0.256 e. The number of aromatic hydroxyl groups is 1. The first-order valence-electron chi connectivity index (χ1n) is 5.53. The highest BCUT2D eigenvalue weighted by atomic mass is 127. The van der Waals surface area contributed by atoms with Crippen molar-refractivity contribution < 1.29 is 9.90 Å². The van der Waals surface area contributed by atoms with Crippen molar-refractivity contribution in [1.82, 2.24) is 0 Å². The summed E-state index contributed by atoms with van der Waals surface area (Å²) in [6.07, 6.45) is 0. The molecule has 0 radical (unpaired) electrons. The number of aryl methyl sites for hydroxylation is 1. The van der Waals surface area contributed by atoms with Crippen molar-refractivity contribution in [2.75, 3.05) is 5.32 Å². The van der Waals surface area contributed by atoms with Gasteiger partial charge in [-0.1, -0.05) is 17.7 Å². The lowest BCUT2D eigenvalue weighted by Gasteiger charge is -2.09. The minimum atomic E-state index is -0.278. The van der Waals surface area contributed by atoms with E-state index in [-0.39, 0.29) is 11.7 Å². The third-order valence-electron chi connectivity index (χ3n) is 2.58. The molecule has 0 atom stereocenters. The summed E-state index contributed by atoms with van der Waals surface area (Å²) < 4.78 is 0.759. The summed E-state index contributed by atoms with van der Waals surface area (Å²) in [7, 11) is 0. The number of anilines is 1. The van der Waals surface area contributed by atoms with Crippen LogP contribution in [0.15, 0.2) is 36.4 Å². The zero-order valence-corrected chi connectivity index (χ0v) is 13.0. The summed E-state index contributed by atoms with van der Waals surface area (Å²) in [5.41, 5.74) is 1.84. The number of phenolic OH excluding ortho intramolecular Hbond substituents is 1. The fraction of sp³-hybridized carbons (Fsp3) is 0.0714. The Bertz CT molecular complexity index is 643. The van der Waals surface area contributed by atoms with Gasteiger partial charge in [0.15, 0.2) is 0 Å². The summed E-state index contributed by atoms with van der Waals surface area (Å²) in [4.78, 5) is 12.1. The van der Waals surface area contributed by atoms with Crippen LogP contribution in [-0.4, -0.2) is 11.0 Å². The minimum Gasteiger partial charge on any atom is -0.506 e. The molecule has 0 aromatic heterocycles. The summed E-state index contributed by atoms with van der Waals surface area (Å²) >= 11 is 7.90. The fourth-order valence-electron chi connectivity index (χ4n) is 1.61. The first kappa shape index (κ1) is 14.1. The number of benzene rings is 2. The highest BCUT2D eigenvalue weighted by Gasteiger charge is 2.12. The molecule has 2 rings (SSSR count). The van der Waals surface area contributed by atoms with Crippen molar-refractivity contribution in [3.63, 3.8) is 0 Å². The van der Waals surface area contributed by atoms with Crippen LogP contribution < -0.4 is 5.32 Å². The van der Waals surface area contributed by atoms with Gasteiger partial charge >= 0.3 is 0 Å². The van der Waals surface area contributed by atoms with Crippen LogP contribution in [0.5, 0.6) is 5.75 Å². The molecular weight excluding hydrogens is 377 g/mol. The molecule has 0 unspecified atom stereocenters. The van der Waals surface area contributed by atoms with Crippen molar-refractivity contribution in [2.45, 2.75) is 6.92 Å². The van der Waals surface area contributed by atoms with Gasteiger partial charge in [0, 0.05) is 8.59 Å². The van der Waals surface area contributed by atoms with E-state index in [1.54, 1.807) is 30.3 Å². The first-order valence-corrected chi connectivity index (χ1v) is 6.99. The van der Waals surface area contributed by atoms with Gasteiger partial charge in [0.1, 0.15) is 5.75 Å². The second-order valence-corrected chi connectivity index (χ2v) is 5.70. The van der Waals surface area contributed by atoms with Crippen LogP contribution in [0.1, 0.15) is 15.9 Å². The van der Waals surface area contributed by atoms with Crippen LogP contribution in [0.2, 0.25) is 5.02 Å². The number of carbonyl (C=O) groups is 1. The van der Waals surface area contributed by atoms with Gasteiger partial charge in [0.2, 0.25) is 0 Å². The Morgan fingerprint density at radius 1 is 1.26 bits per heavy atom. The molecule has 0 bridgehead atoms. The third kappa shape index (κ3) is 3.39. The Balaban J connectivity index is 2.25. The van der Waals surface area contributed by atoms with E-state index in [0.717, 1.165) is 9.13 Å². The molecule has 0 spiro atoms. The number of halogens is 2. The van der Waals surface area contributed by atoms with Crippen molar-refractivity contribution in [2.24, 2.45) is 0 Å². The molecule has 98 valence electrons. The van der Waals surface area contributed by atoms with Gasteiger partial charge in [-0.25, -0.2) is 0 Å². The number of nitrogens with one attached hydrogen (secondary N) is 1. The Morgan fingerprint density at radius 3 is 2.63 bits per heavy atom. The largest absolute Gasteiger partial charge is 0.506 e. The normalized spacial score (nSPS) is 10.3. The molecule has 19 heavy (non-hydrogen) atoms. The van der Waals surface area contributed by atoms with E-state index >= 15 is 0 Å². The van der Waals surface area contributed by atoms with Gasteiger partial charge in [-0.3, -0.25) is 4.79 Å². The van der Waals surface area contributed by atoms with E-state index in [4.69, 9.17) is 11.6 Å². The molecule has 2 aromatic rings. The predicted molar refractivity (Wildman–Crippen MR) is 85.0 cm³/mol.